The Balaban J connectivity index is 2.56. The zero-order valence-electron chi connectivity index (χ0n) is 15.9. The van der Waals surface area contributed by atoms with Gasteiger partial charge in [0.2, 0.25) is 15.9 Å². The average molecular weight is 419 g/mol. The lowest BCUT2D eigenvalue weighted by Gasteiger charge is -2.32. The van der Waals surface area contributed by atoms with E-state index in [1.54, 1.807) is 13.0 Å². The first-order chi connectivity index (χ1) is 12.5. The van der Waals surface area contributed by atoms with Crippen molar-refractivity contribution in [3.05, 3.63) is 18.2 Å². The molecule has 0 saturated carbocycles. The van der Waals surface area contributed by atoms with Crippen LogP contribution in [0.15, 0.2) is 23.1 Å². The number of nitrogens with one attached hydrogen (secondary N) is 1. The molecule has 0 bridgehead atoms. The van der Waals surface area contributed by atoms with Crippen LogP contribution in [0, 0.1) is 0 Å². The number of amides is 1. The lowest BCUT2D eigenvalue weighted by Crippen LogP contribution is -2.46. The largest absolute Gasteiger partial charge is 0.495 e. The SMILES string of the molecule is CC[C@H](C)N([C@@H]1CCS(=O)(=O)C1)S(=O)(=O)c1cc(NC(C)=O)ccc1OC. The van der Waals surface area contributed by atoms with Crippen LogP contribution in [-0.4, -0.2) is 57.7 Å². The lowest BCUT2D eigenvalue weighted by atomic mass is 10.2. The van der Waals surface area contributed by atoms with Gasteiger partial charge in [0.1, 0.15) is 10.6 Å². The molecule has 0 aliphatic carbocycles. The molecule has 1 aromatic rings. The summed E-state index contributed by atoms with van der Waals surface area (Å²) in [4.78, 5) is 11.2. The quantitative estimate of drug-likeness (QED) is 0.721. The number of sulfone groups is 1. The molecule has 1 N–H and O–H groups in total. The van der Waals surface area contributed by atoms with Gasteiger partial charge in [-0.15, -0.1) is 0 Å². The fourth-order valence-corrected chi connectivity index (χ4v) is 7.13. The number of rotatable bonds is 7. The molecule has 8 nitrogen and oxygen atoms in total. The Kier molecular flexibility index (Phi) is 6.54. The molecule has 0 aromatic heterocycles. The average Bonchev–Trinajstić information content (AvgIpc) is 2.93. The second-order valence-electron chi connectivity index (χ2n) is 6.70. The minimum absolute atomic E-state index is 0.0246. The number of hydrogen-bond donors (Lipinski definition) is 1. The van der Waals surface area contributed by atoms with Crippen LogP contribution in [-0.2, 0) is 24.7 Å². The minimum Gasteiger partial charge on any atom is -0.495 e. The monoisotopic (exact) mass is 418 g/mol. The first-order valence-electron chi connectivity index (χ1n) is 8.71. The van der Waals surface area contributed by atoms with E-state index in [9.17, 15) is 21.6 Å². The smallest absolute Gasteiger partial charge is 0.247 e. The summed E-state index contributed by atoms with van der Waals surface area (Å²) >= 11 is 0. The number of ether oxygens (including phenoxy) is 1. The van der Waals surface area contributed by atoms with Gasteiger partial charge in [-0.25, -0.2) is 16.8 Å². The van der Waals surface area contributed by atoms with Gasteiger partial charge < -0.3 is 10.1 Å². The van der Waals surface area contributed by atoms with Crippen molar-refractivity contribution in [2.24, 2.45) is 0 Å². The molecule has 1 aliphatic heterocycles. The third-order valence-corrected chi connectivity index (χ3v) is 8.47. The molecule has 2 atom stereocenters. The number of methoxy groups -OCH3 is 1. The predicted molar refractivity (Wildman–Crippen MR) is 103 cm³/mol. The highest BCUT2D eigenvalue weighted by Crippen LogP contribution is 2.34. The number of anilines is 1. The Morgan fingerprint density at radius 3 is 2.56 bits per heavy atom. The number of hydrogen-bond acceptors (Lipinski definition) is 6. The van der Waals surface area contributed by atoms with Gasteiger partial charge in [-0.2, -0.15) is 4.31 Å². The van der Waals surface area contributed by atoms with Crippen LogP contribution in [0.3, 0.4) is 0 Å². The van der Waals surface area contributed by atoms with Crippen molar-refractivity contribution in [1.82, 2.24) is 4.31 Å². The topological polar surface area (TPSA) is 110 Å². The minimum atomic E-state index is -4.05. The molecule has 152 valence electrons. The molecule has 27 heavy (non-hydrogen) atoms. The molecule has 0 unspecified atom stereocenters. The molecule has 10 heteroatoms. The van der Waals surface area contributed by atoms with Crippen molar-refractivity contribution in [1.29, 1.82) is 0 Å². The maximum atomic E-state index is 13.5. The number of carbonyl (C=O) groups excluding carboxylic acids is 1. The van der Waals surface area contributed by atoms with Crippen LogP contribution in [0.25, 0.3) is 0 Å². The number of nitrogens with zero attached hydrogens (tertiary/aromatic N) is 1. The van der Waals surface area contributed by atoms with E-state index in [0.717, 1.165) is 0 Å². The van der Waals surface area contributed by atoms with Crippen LogP contribution >= 0.6 is 0 Å². The van der Waals surface area contributed by atoms with Crippen LogP contribution in [0.4, 0.5) is 5.69 Å². The van der Waals surface area contributed by atoms with Gasteiger partial charge in [-0.3, -0.25) is 4.79 Å². The molecule has 1 aliphatic rings. The Hall–Kier alpha value is -1.65. The molecule has 1 fully saturated rings. The van der Waals surface area contributed by atoms with Crippen LogP contribution in [0.2, 0.25) is 0 Å². The molecule has 0 spiro atoms. The van der Waals surface area contributed by atoms with Crippen molar-refractivity contribution in [2.45, 2.75) is 50.6 Å². The summed E-state index contributed by atoms with van der Waals surface area (Å²) in [5.41, 5.74) is 0.324. The maximum Gasteiger partial charge on any atom is 0.247 e. The van der Waals surface area contributed by atoms with Gasteiger partial charge in [0, 0.05) is 24.7 Å². The molecule has 2 rings (SSSR count). The Morgan fingerprint density at radius 2 is 2.07 bits per heavy atom. The van der Waals surface area contributed by atoms with E-state index < -0.39 is 25.9 Å². The Morgan fingerprint density at radius 1 is 1.41 bits per heavy atom. The van der Waals surface area contributed by atoms with Crippen molar-refractivity contribution >= 4 is 31.5 Å². The van der Waals surface area contributed by atoms with E-state index in [0.29, 0.717) is 12.1 Å². The molecule has 1 saturated heterocycles. The van der Waals surface area contributed by atoms with Gasteiger partial charge in [0.25, 0.3) is 0 Å². The standard InChI is InChI=1S/C17H26N2O6S2/c1-5-12(2)19(15-8-9-26(21,22)11-15)27(23,24)17-10-14(18-13(3)20)6-7-16(17)25-4/h6-7,10,12,15H,5,8-9,11H2,1-4H3,(H,18,20)/t12-,15+/m0/s1. The summed E-state index contributed by atoms with van der Waals surface area (Å²) < 4.78 is 57.3. The molecular formula is C17H26N2O6S2. The van der Waals surface area contributed by atoms with E-state index in [-0.39, 0.29) is 40.5 Å². The fourth-order valence-electron chi connectivity index (χ4n) is 3.22. The van der Waals surface area contributed by atoms with Crippen LogP contribution in [0.5, 0.6) is 5.75 Å². The summed E-state index contributed by atoms with van der Waals surface area (Å²) in [5, 5.41) is 2.56. The van der Waals surface area contributed by atoms with Crippen molar-refractivity contribution in [2.75, 3.05) is 23.9 Å². The van der Waals surface area contributed by atoms with Crippen molar-refractivity contribution in [3.63, 3.8) is 0 Å². The van der Waals surface area contributed by atoms with Crippen LogP contribution < -0.4 is 10.1 Å². The highest BCUT2D eigenvalue weighted by atomic mass is 32.2. The second-order valence-corrected chi connectivity index (χ2v) is 10.7. The first kappa shape index (κ1) is 21.6. The Bertz CT molecular complexity index is 911. The van der Waals surface area contributed by atoms with E-state index >= 15 is 0 Å². The normalized spacial score (nSPS) is 20.4. The third-order valence-electron chi connectivity index (χ3n) is 4.63. The summed E-state index contributed by atoms with van der Waals surface area (Å²) in [6, 6.07) is 3.35. The highest BCUT2D eigenvalue weighted by Gasteiger charge is 2.42. The van der Waals surface area contributed by atoms with Gasteiger partial charge in [0.15, 0.2) is 9.84 Å². The van der Waals surface area contributed by atoms with E-state index in [2.05, 4.69) is 5.32 Å². The zero-order valence-corrected chi connectivity index (χ0v) is 17.6. The van der Waals surface area contributed by atoms with Crippen LogP contribution in [0.1, 0.15) is 33.6 Å². The number of sulfonamides is 1. The molecule has 1 amide bonds. The molecular weight excluding hydrogens is 392 g/mol. The predicted octanol–water partition coefficient (Wildman–Crippen LogP) is 1.63. The van der Waals surface area contributed by atoms with E-state index in [4.69, 9.17) is 4.74 Å². The molecule has 0 radical (unpaired) electrons. The molecule has 1 aromatic carbocycles. The first-order valence-corrected chi connectivity index (χ1v) is 12.0. The molecule has 1 heterocycles. The maximum absolute atomic E-state index is 13.5. The second kappa shape index (κ2) is 8.15. The van der Waals surface area contributed by atoms with Crippen molar-refractivity contribution in [3.8, 4) is 5.75 Å². The summed E-state index contributed by atoms with van der Waals surface area (Å²) in [6.45, 7) is 4.93. The van der Waals surface area contributed by atoms with E-state index in [1.165, 1.54) is 30.5 Å². The summed E-state index contributed by atoms with van der Waals surface area (Å²) in [5.74, 6) is -0.407. The zero-order chi connectivity index (χ0) is 20.4. The Labute approximate surface area is 160 Å². The van der Waals surface area contributed by atoms with Crippen molar-refractivity contribution < 1.29 is 26.4 Å². The van der Waals surface area contributed by atoms with Gasteiger partial charge in [-0.05, 0) is 38.0 Å². The summed E-state index contributed by atoms with van der Waals surface area (Å²) in [7, 11) is -5.95. The third kappa shape index (κ3) is 4.80. The van der Waals surface area contributed by atoms with E-state index in [1.807, 2.05) is 6.92 Å². The van der Waals surface area contributed by atoms with Gasteiger partial charge in [-0.1, -0.05) is 6.92 Å². The highest BCUT2D eigenvalue weighted by molar-refractivity contribution is 7.92. The summed E-state index contributed by atoms with van der Waals surface area (Å²) in [6.07, 6.45) is 0.795. The lowest BCUT2D eigenvalue weighted by molar-refractivity contribution is -0.114. The number of carbonyl (C=O) groups is 1. The fraction of sp³-hybridized carbons (Fsp3) is 0.588. The van der Waals surface area contributed by atoms with Gasteiger partial charge in [0.05, 0.1) is 18.6 Å². The van der Waals surface area contributed by atoms with Gasteiger partial charge >= 0.3 is 0 Å². The number of benzene rings is 1.